The van der Waals surface area contributed by atoms with Gasteiger partial charge in [0.15, 0.2) is 0 Å². The number of nitrogens with one attached hydrogen (secondary N) is 1. The first-order valence-corrected chi connectivity index (χ1v) is 7.37. The number of carbonyl (C=O) groups excluding carboxylic acids is 1. The summed E-state index contributed by atoms with van der Waals surface area (Å²) >= 11 is 0. The maximum Gasteiger partial charge on any atom is 0.224 e. The number of hydrogen-bond acceptors (Lipinski definition) is 2. The molecule has 0 aromatic heterocycles. The van der Waals surface area contributed by atoms with Crippen molar-refractivity contribution in [3.05, 3.63) is 77.4 Å². The number of hydrogen-bond donors (Lipinski definition) is 2. The number of aryl methyl sites for hydroxylation is 1. The van der Waals surface area contributed by atoms with Crippen molar-refractivity contribution < 1.29 is 9.90 Å². The van der Waals surface area contributed by atoms with Gasteiger partial charge in [0.2, 0.25) is 5.91 Å². The van der Waals surface area contributed by atoms with E-state index in [9.17, 15) is 9.90 Å². The number of carbonyl (C=O) groups is 1. The molecule has 2 aromatic rings. The van der Waals surface area contributed by atoms with Gasteiger partial charge in [-0.25, -0.2) is 0 Å². The lowest BCUT2D eigenvalue weighted by Crippen LogP contribution is -2.30. The highest BCUT2D eigenvalue weighted by atomic mass is 16.3. The van der Waals surface area contributed by atoms with Gasteiger partial charge in [0.1, 0.15) is 0 Å². The van der Waals surface area contributed by atoms with Gasteiger partial charge in [-0.3, -0.25) is 4.79 Å². The van der Waals surface area contributed by atoms with Crippen LogP contribution in [0, 0.1) is 6.92 Å². The highest BCUT2D eigenvalue weighted by Gasteiger charge is 2.11. The number of rotatable bonds is 6. The van der Waals surface area contributed by atoms with Gasteiger partial charge in [0.25, 0.3) is 0 Å². The summed E-state index contributed by atoms with van der Waals surface area (Å²) in [4.78, 5) is 12.0. The molecule has 2 rings (SSSR count). The average Bonchev–Trinajstić information content (AvgIpc) is 2.55. The molecule has 3 heteroatoms. The van der Waals surface area contributed by atoms with E-state index in [4.69, 9.17) is 0 Å². The minimum Gasteiger partial charge on any atom is -0.394 e. The van der Waals surface area contributed by atoms with E-state index in [0.717, 1.165) is 11.1 Å². The Morgan fingerprint density at radius 3 is 2.45 bits per heavy atom. The number of amides is 1. The van der Waals surface area contributed by atoms with Gasteiger partial charge in [-0.05, 0) is 18.1 Å². The van der Waals surface area contributed by atoms with Crippen LogP contribution in [0.2, 0.25) is 0 Å². The molecule has 0 aliphatic heterocycles. The SMILES string of the molecule is Cc1ccc(/C=C/CC(=O)NC(CO)c2ccccc2)cc1. The molecule has 1 amide bonds. The molecule has 1 unspecified atom stereocenters. The van der Waals surface area contributed by atoms with Crippen molar-refractivity contribution in [3.63, 3.8) is 0 Å². The first kappa shape index (κ1) is 16.0. The van der Waals surface area contributed by atoms with Gasteiger partial charge in [-0.2, -0.15) is 0 Å². The van der Waals surface area contributed by atoms with Crippen molar-refractivity contribution in [1.29, 1.82) is 0 Å². The Balaban J connectivity index is 1.88. The van der Waals surface area contributed by atoms with Gasteiger partial charge in [-0.1, -0.05) is 72.3 Å². The Hall–Kier alpha value is -2.39. The van der Waals surface area contributed by atoms with Crippen LogP contribution in [0.15, 0.2) is 60.7 Å². The molecular formula is C19H21NO2. The van der Waals surface area contributed by atoms with Crippen LogP contribution in [0.3, 0.4) is 0 Å². The predicted molar refractivity (Wildman–Crippen MR) is 89.2 cm³/mol. The predicted octanol–water partition coefficient (Wildman–Crippen LogP) is 3.25. The van der Waals surface area contributed by atoms with Crippen molar-refractivity contribution in [1.82, 2.24) is 5.32 Å². The summed E-state index contributed by atoms with van der Waals surface area (Å²) in [7, 11) is 0. The van der Waals surface area contributed by atoms with E-state index in [0.29, 0.717) is 0 Å². The van der Waals surface area contributed by atoms with Crippen LogP contribution in [0.5, 0.6) is 0 Å². The third kappa shape index (κ3) is 4.86. The molecule has 2 aromatic carbocycles. The molecule has 114 valence electrons. The van der Waals surface area contributed by atoms with Crippen molar-refractivity contribution in [2.75, 3.05) is 6.61 Å². The lowest BCUT2D eigenvalue weighted by molar-refractivity contribution is -0.121. The monoisotopic (exact) mass is 295 g/mol. The molecular weight excluding hydrogens is 274 g/mol. The van der Waals surface area contributed by atoms with E-state index < -0.39 is 0 Å². The van der Waals surface area contributed by atoms with E-state index in [2.05, 4.69) is 5.32 Å². The second-order valence-corrected chi connectivity index (χ2v) is 5.23. The Bertz CT molecular complexity index is 618. The lowest BCUT2D eigenvalue weighted by Gasteiger charge is -2.16. The zero-order valence-electron chi connectivity index (χ0n) is 12.7. The molecule has 0 radical (unpaired) electrons. The van der Waals surface area contributed by atoms with Crippen molar-refractivity contribution >= 4 is 12.0 Å². The van der Waals surface area contributed by atoms with E-state index in [1.54, 1.807) is 0 Å². The summed E-state index contributed by atoms with van der Waals surface area (Å²) < 4.78 is 0. The molecule has 2 N–H and O–H groups in total. The van der Waals surface area contributed by atoms with Gasteiger partial charge < -0.3 is 10.4 Å². The van der Waals surface area contributed by atoms with Gasteiger partial charge >= 0.3 is 0 Å². The first-order chi connectivity index (χ1) is 10.7. The number of benzene rings is 2. The van der Waals surface area contributed by atoms with E-state index in [1.807, 2.05) is 73.7 Å². The Labute approximate surface area is 131 Å². The fourth-order valence-electron chi connectivity index (χ4n) is 2.15. The summed E-state index contributed by atoms with van der Waals surface area (Å²) in [6.45, 7) is 1.93. The van der Waals surface area contributed by atoms with Crippen LogP contribution >= 0.6 is 0 Å². The third-order valence-electron chi connectivity index (χ3n) is 3.41. The van der Waals surface area contributed by atoms with E-state index in [-0.39, 0.29) is 25.0 Å². The topological polar surface area (TPSA) is 49.3 Å². The summed E-state index contributed by atoms with van der Waals surface area (Å²) in [5.41, 5.74) is 3.18. The normalized spacial score (nSPS) is 12.3. The summed E-state index contributed by atoms with van der Waals surface area (Å²) in [6.07, 6.45) is 4.05. The third-order valence-corrected chi connectivity index (χ3v) is 3.41. The van der Waals surface area contributed by atoms with Crippen LogP contribution in [0.1, 0.15) is 29.2 Å². The second-order valence-electron chi connectivity index (χ2n) is 5.23. The van der Waals surface area contributed by atoms with Crippen molar-refractivity contribution in [2.24, 2.45) is 0 Å². The van der Waals surface area contributed by atoms with Crippen LogP contribution < -0.4 is 5.32 Å². The van der Waals surface area contributed by atoms with Crippen LogP contribution in [0.4, 0.5) is 0 Å². The highest BCUT2D eigenvalue weighted by Crippen LogP contribution is 2.12. The highest BCUT2D eigenvalue weighted by molar-refractivity contribution is 5.79. The van der Waals surface area contributed by atoms with Crippen LogP contribution in [-0.2, 0) is 4.79 Å². The summed E-state index contributed by atoms with van der Waals surface area (Å²) in [6, 6.07) is 17.2. The molecule has 0 aliphatic rings. The molecule has 0 aliphatic carbocycles. The number of aliphatic hydroxyl groups excluding tert-OH is 1. The Morgan fingerprint density at radius 2 is 1.82 bits per heavy atom. The smallest absolute Gasteiger partial charge is 0.224 e. The first-order valence-electron chi connectivity index (χ1n) is 7.37. The maximum absolute atomic E-state index is 12.0. The molecule has 0 bridgehead atoms. The molecule has 22 heavy (non-hydrogen) atoms. The fourth-order valence-corrected chi connectivity index (χ4v) is 2.15. The average molecular weight is 295 g/mol. The second kappa shape index (κ2) is 8.15. The largest absolute Gasteiger partial charge is 0.394 e. The Morgan fingerprint density at radius 1 is 1.14 bits per heavy atom. The maximum atomic E-state index is 12.0. The van der Waals surface area contributed by atoms with Gasteiger partial charge in [0.05, 0.1) is 12.6 Å². The quantitative estimate of drug-likeness (QED) is 0.859. The molecule has 1 atom stereocenters. The number of aliphatic hydroxyl groups is 1. The van der Waals surface area contributed by atoms with Gasteiger partial charge in [-0.15, -0.1) is 0 Å². The van der Waals surface area contributed by atoms with Crippen LogP contribution in [0.25, 0.3) is 6.08 Å². The standard InChI is InChI=1S/C19H21NO2/c1-15-10-12-16(13-11-15)6-5-9-19(22)20-18(14-21)17-7-3-2-4-8-17/h2-8,10-13,18,21H,9,14H2,1H3,(H,20,22)/b6-5+. The summed E-state index contributed by atoms with van der Waals surface area (Å²) in [5.74, 6) is -0.105. The zero-order chi connectivity index (χ0) is 15.8. The minimum atomic E-state index is -0.360. The Kier molecular flexibility index (Phi) is 5.92. The van der Waals surface area contributed by atoms with Crippen molar-refractivity contribution in [3.8, 4) is 0 Å². The molecule has 3 nitrogen and oxygen atoms in total. The molecule has 0 heterocycles. The molecule has 0 saturated carbocycles. The molecule has 0 fully saturated rings. The molecule has 0 saturated heterocycles. The van der Waals surface area contributed by atoms with Gasteiger partial charge in [0, 0.05) is 6.42 Å². The lowest BCUT2D eigenvalue weighted by atomic mass is 10.1. The van der Waals surface area contributed by atoms with Crippen molar-refractivity contribution in [2.45, 2.75) is 19.4 Å². The summed E-state index contributed by atoms with van der Waals surface area (Å²) in [5, 5.41) is 12.3. The van der Waals surface area contributed by atoms with E-state index >= 15 is 0 Å². The fraction of sp³-hybridized carbons (Fsp3) is 0.211. The zero-order valence-corrected chi connectivity index (χ0v) is 12.7. The van der Waals surface area contributed by atoms with Crippen LogP contribution in [-0.4, -0.2) is 17.6 Å². The minimum absolute atomic E-state index is 0.105. The van der Waals surface area contributed by atoms with E-state index in [1.165, 1.54) is 5.56 Å². The molecule has 0 spiro atoms.